The summed E-state index contributed by atoms with van der Waals surface area (Å²) in [5.41, 5.74) is 1.88. The van der Waals surface area contributed by atoms with Crippen LogP contribution < -0.4 is 26.8 Å². The predicted octanol–water partition coefficient (Wildman–Crippen LogP) is 3.64. The van der Waals surface area contributed by atoms with Gasteiger partial charge in [-0.05, 0) is 55.6 Å². The molecule has 5 aromatic rings. The molecule has 0 aliphatic heterocycles. The van der Waals surface area contributed by atoms with Gasteiger partial charge in [-0.25, -0.2) is 28.4 Å². The number of carbonyl (C=O) groups excluding carboxylic acids is 1. The fourth-order valence-corrected chi connectivity index (χ4v) is 6.02. The van der Waals surface area contributed by atoms with E-state index in [0.717, 1.165) is 32.6 Å². The molecule has 2 N–H and O–H groups in total. The fourth-order valence-electron chi connectivity index (χ4n) is 4.72. The van der Waals surface area contributed by atoms with Gasteiger partial charge in [0.25, 0.3) is 5.56 Å². The maximum atomic E-state index is 14.9. The molecule has 0 saturated carbocycles. The van der Waals surface area contributed by atoms with Gasteiger partial charge in [-0.1, -0.05) is 18.2 Å². The molecule has 3 aromatic heterocycles. The molecule has 0 saturated heterocycles. The number of urea groups is 1. The first-order valence-corrected chi connectivity index (χ1v) is 14.4. The van der Waals surface area contributed by atoms with Crippen LogP contribution in [-0.2, 0) is 17.9 Å². The van der Waals surface area contributed by atoms with Crippen molar-refractivity contribution in [2.24, 2.45) is 0 Å². The van der Waals surface area contributed by atoms with E-state index in [-0.39, 0.29) is 40.6 Å². The molecule has 5 rings (SSSR count). The lowest BCUT2D eigenvalue weighted by Gasteiger charge is -2.14. The Balaban J connectivity index is 1.76. The molecular formula is C30H26F2N8O5S. The number of hydrogen-bond acceptors (Lipinski definition) is 10. The van der Waals surface area contributed by atoms with Crippen LogP contribution in [0.15, 0.2) is 64.2 Å². The van der Waals surface area contributed by atoms with Crippen molar-refractivity contribution in [3.63, 3.8) is 0 Å². The van der Waals surface area contributed by atoms with E-state index in [9.17, 15) is 23.2 Å². The molecule has 0 aliphatic rings. The lowest BCUT2D eigenvalue weighted by molar-refractivity contribution is 0.114. The third-order valence-corrected chi connectivity index (χ3v) is 7.97. The second kappa shape index (κ2) is 13.6. The second-order valence-corrected chi connectivity index (χ2v) is 11.1. The number of carbonyl (C=O) groups is 1. The molecule has 2 amide bonds. The maximum absolute atomic E-state index is 14.9. The molecule has 236 valence electrons. The van der Waals surface area contributed by atoms with Crippen LogP contribution >= 0.6 is 11.3 Å². The first-order valence-electron chi connectivity index (χ1n) is 13.6. The molecular weight excluding hydrogens is 622 g/mol. The first-order chi connectivity index (χ1) is 22.1. The highest BCUT2D eigenvalue weighted by molar-refractivity contribution is 7.22. The van der Waals surface area contributed by atoms with Crippen molar-refractivity contribution < 1.29 is 23.1 Å². The molecule has 0 bridgehead atoms. The number of ether oxygens (including phenoxy) is 1. The van der Waals surface area contributed by atoms with Crippen molar-refractivity contribution in [2.75, 3.05) is 33.1 Å². The standard InChI is InChI=1S/C30H26F2N8O5S/c1-38(2)15-20-25-27(41)40(23-11-12-24(36-35-23)45-14-13-33)30(43)39(16-19-21(31)5-4-6-22(19)32)28(25)46-26(20)17-7-9-18(10-8-17)34-29(42)37-44-3/h4-12H,14-16H2,1-3H3,(H2,34,37,42). The number of thiophene rings is 1. The monoisotopic (exact) mass is 648 g/mol. The molecule has 46 heavy (non-hydrogen) atoms. The Morgan fingerprint density at radius 2 is 1.76 bits per heavy atom. The number of hydrogen-bond donors (Lipinski definition) is 2. The maximum Gasteiger partial charge on any atom is 0.343 e. The van der Waals surface area contributed by atoms with E-state index in [0.29, 0.717) is 21.7 Å². The highest BCUT2D eigenvalue weighted by Crippen LogP contribution is 2.38. The summed E-state index contributed by atoms with van der Waals surface area (Å²) >= 11 is 1.12. The van der Waals surface area contributed by atoms with Crippen LogP contribution in [0.4, 0.5) is 19.3 Å². The lowest BCUT2D eigenvalue weighted by atomic mass is 10.1. The number of nitrogens with one attached hydrogen (secondary N) is 2. The summed E-state index contributed by atoms with van der Waals surface area (Å²) in [5.74, 6) is -1.88. The number of nitrogens with zero attached hydrogens (tertiary/aromatic N) is 6. The van der Waals surface area contributed by atoms with Gasteiger partial charge in [0, 0.05) is 28.7 Å². The Morgan fingerprint density at radius 3 is 2.37 bits per heavy atom. The zero-order valence-electron chi connectivity index (χ0n) is 24.7. The van der Waals surface area contributed by atoms with Gasteiger partial charge in [-0.15, -0.1) is 21.5 Å². The molecule has 2 aromatic carbocycles. The van der Waals surface area contributed by atoms with Gasteiger partial charge in [0.2, 0.25) is 5.88 Å². The van der Waals surface area contributed by atoms with E-state index in [1.807, 2.05) is 19.0 Å². The quantitative estimate of drug-likeness (QED) is 0.216. The van der Waals surface area contributed by atoms with Crippen LogP contribution in [0.1, 0.15) is 11.1 Å². The summed E-state index contributed by atoms with van der Waals surface area (Å²) in [6.45, 7) is -0.548. The lowest BCUT2D eigenvalue weighted by Crippen LogP contribution is -2.39. The summed E-state index contributed by atoms with van der Waals surface area (Å²) in [6, 6.07) is 14.1. The molecule has 13 nitrogen and oxygen atoms in total. The summed E-state index contributed by atoms with van der Waals surface area (Å²) in [6.07, 6.45) is 0. The summed E-state index contributed by atoms with van der Waals surface area (Å²) in [4.78, 5) is 47.4. The van der Waals surface area contributed by atoms with Gasteiger partial charge in [-0.3, -0.25) is 14.2 Å². The van der Waals surface area contributed by atoms with Gasteiger partial charge >= 0.3 is 11.7 Å². The van der Waals surface area contributed by atoms with Crippen LogP contribution in [0, 0.1) is 23.0 Å². The highest BCUT2D eigenvalue weighted by atomic mass is 32.1. The summed E-state index contributed by atoms with van der Waals surface area (Å²) in [5, 5.41) is 19.4. The SMILES string of the molecule is CONC(=O)Nc1ccc(-c2sc3c(c2CN(C)C)c(=O)n(-c2ccc(OCC#N)nn2)c(=O)n3Cc2c(F)cccc2F)cc1. The van der Waals surface area contributed by atoms with E-state index in [4.69, 9.17) is 10.00 Å². The van der Waals surface area contributed by atoms with Crippen molar-refractivity contribution in [1.29, 1.82) is 5.26 Å². The molecule has 0 aliphatic carbocycles. The smallest absolute Gasteiger partial charge is 0.343 e. The van der Waals surface area contributed by atoms with Gasteiger partial charge in [0.1, 0.15) is 22.5 Å². The number of fused-ring (bicyclic) bond motifs is 1. The predicted molar refractivity (Wildman–Crippen MR) is 166 cm³/mol. The van der Waals surface area contributed by atoms with Crippen LogP contribution in [-0.4, -0.2) is 58.1 Å². The van der Waals surface area contributed by atoms with E-state index < -0.39 is 35.5 Å². The van der Waals surface area contributed by atoms with E-state index >= 15 is 0 Å². The number of aromatic nitrogens is 4. The van der Waals surface area contributed by atoms with Gasteiger partial charge < -0.3 is 15.0 Å². The molecule has 0 atom stereocenters. The molecule has 0 spiro atoms. The molecule has 0 fully saturated rings. The van der Waals surface area contributed by atoms with Crippen molar-refractivity contribution in [3.8, 4) is 28.2 Å². The Bertz CT molecular complexity index is 2050. The van der Waals surface area contributed by atoms with Crippen molar-refractivity contribution in [2.45, 2.75) is 13.1 Å². The van der Waals surface area contributed by atoms with E-state index in [1.54, 1.807) is 30.3 Å². The number of halogens is 2. The normalized spacial score (nSPS) is 11.1. The van der Waals surface area contributed by atoms with Gasteiger partial charge in [0.15, 0.2) is 12.4 Å². The number of benzene rings is 2. The highest BCUT2D eigenvalue weighted by Gasteiger charge is 2.26. The molecule has 3 heterocycles. The van der Waals surface area contributed by atoms with Crippen LogP contribution in [0.3, 0.4) is 0 Å². The first kappa shape index (κ1) is 31.9. The Kier molecular flexibility index (Phi) is 9.47. The van der Waals surface area contributed by atoms with E-state index in [1.165, 1.54) is 25.3 Å². The molecule has 16 heteroatoms. The van der Waals surface area contributed by atoms with Gasteiger partial charge in [-0.2, -0.15) is 5.26 Å². The molecule has 0 radical (unpaired) electrons. The van der Waals surface area contributed by atoms with Gasteiger partial charge in [0.05, 0.1) is 19.0 Å². The molecule has 0 unspecified atom stereocenters. The average Bonchev–Trinajstić information content (AvgIpc) is 3.39. The second-order valence-electron chi connectivity index (χ2n) is 10.1. The van der Waals surface area contributed by atoms with Crippen molar-refractivity contribution in [3.05, 3.63) is 98.2 Å². The van der Waals surface area contributed by atoms with Crippen LogP contribution in [0.5, 0.6) is 5.88 Å². The topological polar surface area (TPSA) is 156 Å². The van der Waals surface area contributed by atoms with Crippen LogP contribution in [0.25, 0.3) is 26.5 Å². The Labute approximate surface area is 263 Å². The van der Waals surface area contributed by atoms with Crippen molar-refractivity contribution in [1.82, 2.24) is 29.7 Å². The zero-order chi connectivity index (χ0) is 33.0. The van der Waals surface area contributed by atoms with E-state index in [2.05, 4.69) is 25.8 Å². The number of hydroxylamine groups is 1. The minimum Gasteiger partial charge on any atom is -0.461 e. The largest absolute Gasteiger partial charge is 0.461 e. The zero-order valence-corrected chi connectivity index (χ0v) is 25.5. The summed E-state index contributed by atoms with van der Waals surface area (Å²) < 4.78 is 36.8. The summed E-state index contributed by atoms with van der Waals surface area (Å²) in [7, 11) is 4.92. The fraction of sp³-hybridized carbons (Fsp3) is 0.200. The number of rotatable bonds is 10. The number of anilines is 1. The minimum atomic E-state index is -0.895. The third-order valence-electron chi connectivity index (χ3n) is 6.66. The van der Waals surface area contributed by atoms with Crippen molar-refractivity contribution >= 4 is 33.3 Å². The Morgan fingerprint density at radius 1 is 1.04 bits per heavy atom. The number of nitriles is 1. The Hall–Kier alpha value is -5.50. The average molecular weight is 649 g/mol. The minimum absolute atomic E-state index is 0.00284. The number of amides is 2. The van der Waals surface area contributed by atoms with Crippen LogP contribution in [0.2, 0.25) is 0 Å². The third kappa shape index (κ3) is 6.47.